The molecule has 0 unspecified atom stereocenters. The molecule has 1 nitrogen and oxygen atoms in total. The molecule has 0 spiro atoms. The van der Waals surface area contributed by atoms with Crippen molar-refractivity contribution in [1.29, 1.82) is 0 Å². The van der Waals surface area contributed by atoms with E-state index < -0.39 is 12.8 Å². The van der Waals surface area contributed by atoms with Crippen LogP contribution in [0.25, 0.3) is 0 Å². The van der Waals surface area contributed by atoms with Crippen molar-refractivity contribution in [2.75, 3.05) is 6.61 Å². The zero-order chi connectivity index (χ0) is 6.62. The topological polar surface area (TPSA) is 19.9 Å². The molecule has 0 fully saturated rings. The number of halogens is 3. The van der Waals surface area contributed by atoms with Gasteiger partial charge in [0.1, 0.15) is 6.61 Å². The molecule has 0 aromatic heterocycles. The molecule has 0 atom stereocenters. The maximum absolute atomic E-state index is 10.9. The molecular formula is C4H2F3O. The van der Waals surface area contributed by atoms with E-state index in [0.29, 0.717) is 0 Å². The summed E-state index contributed by atoms with van der Waals surface area (Å²) in [7, 11) is 0. The van der Waals surface area contributed by atoms with Crippen LogP contribution in [0.5, 0.6) is 0 Å². The Morgan fingerprint density at radius 1 is 1.38 bits per heavy atom. The Balaban J connectivity index is 3.69. The lowest BCUT2D eigenvalue weighted by atomic mass is 10.6. The standard InChI is InChI=1S/C4H2F3O/c5-4(6,7)2-1-3-8/h3H2. The first-order valence-electron chi connectivity index (χ1n) is 1.71. The van der Waals surface area contributed by atoms with E-state index in [-0.39, 0.29) is 0 Å². The van der Waals surface area contributed by atoms with Gasteiger partial charge in [-0.25, -0.2) is 5.11 Å². The van der Waals surface area contributed by atoms with Gasteiger partial charge in [-0.1, -0.05) is 5.92 Å². The van der Waals surface area contributed by atoms with E-state index in [0.717, 1.165) is 5.92 Å². The molecular weight excluding hydrogens is 121 g/mol. The van der Waals surface area contributed by atoms with Crippen LogP contribution in [-0.2, 0) is 5.11 Å². The highest BCUT2D eigenvalue weighted by molar-refractivity contribution is 5.04. The Kier molecular flexibility index (Phi) is 2.35. The lowest BCUT2D eigenvalue weighted by Crippen LogP contribution is -2.01. The number of hydrogen-bond acceptors (Lipinski definition) is 0. The molecule has 0 N–H and O–H groups in total. The normalized spacial score (nSPS) is 10.0. The number of alkyl halides is 3. The monoisotopic (exact) mass is 123 g/mol. The highest BCUT2D eigenvalue weighted by Crippen LogP contribution is 2.11. The third-order valence-corrected chi connectivity index (χ3v) is 0.302. The van der Waals surface area contributed by atoms with Crippen LogP contribution in [-0.4, -0.2) is 12.8 Å². The Hall–Kier alpha value is -0.690. The maximum Gasteiger partial charge on any atom is 0.457 e. The van der Waals surface area contributed by atoms with Crippen LogP contribution in [0.3, 0.4) is 0 Å². The molecule has 4 heteroatoms. The first-order valence-corrected chi connectivity index (χ1v) is 1.71. The summed E-state index contributed by atoms with van der Waals surface area (Å²) in [5, 5.41) is 9.30. The summed E-state index contributed by atoms with van der Waals surface area (Å²) >= 11 is 0. The van der Waals surface area contributed by atoms with Gasteiger partial charge in [0.2, 0.25) is 0 Å². The van der Waals surface area contributed by atoms with Crippen molar-refractivity contribution in [2.45, 2.75) is 6.18 Å². The van der Waals surface area contributed by atoms with Crippen LogP contribution in [0.15, 0.2) is 0 Å². The minimum Gasteiger partial charge on any atom is -0.223 e. The van der Waals surface area contributed by atoms with Gasteiger partial charge in [0, 0.05) is 5.92 Å². The van der Waals surface area contributed by atoms with E-state index in [9.17, 15) is 18.3 Å². The summed E-state index contributed by atoms with van der Waals surface area (Å²) in [5.74, 6) is 2.17. The minimum atomic E-state index is -4.51. The van der Waals surface area contributed by atoms with Crippen molar-refractivity contribution >= 4 is 0 Å². The smallest absolute Gasteiger partial charge is 0.223 e. The molecule has 45 valence electrons. The van der Waals surface area contributed by atoms with E-state index in [1.807, 2.05) is 0 Å². The first-order chi connectivity index (χ1) is 3.56. The van der Waals surface area contributed by atoms with Gasteiger partial charge >= 0.3 is 6.18 Å². The largest absolute Gasteiger partial charge is 0.457 e. The van der Waals surface area contributed by atoms with Crippen molar-refractivity contribution in [3.63, 3.8) is 0 Å². The quantitative estimate of drug-likeness (QED) is 0.428. The van der Waals surface area contributed by atoms with Gasteiger partial charge < -0.3 is 0 Å². The highest BCUT2D eigenvalue weighted by atomic mass is 19.4. The van der Waals surface area contributed by atoms with Gasteiger partial charge in [-0.15, -0.1) is 0 Å². The Morgan fingerprint density at radius 2 is 1.88 bits per heavy atom. The lowest BCUT2D eigenvalue weighted by molar-refractivity contribution is -0.0699. The van der Waals surface area contributed by atoms with Gasteiger partial charge in [0.15, 0.2) is 0 Å². The van der Waals surface area contributed by atoms with E-state index in [2.05, 4.69) is 0 Å². The fourth-order valence-corrected chi connectivity index (χ4v) is 0.136. The molecule has 0 saturated heterocycles. The summed E-state index contributed by atoms with van der Waals surface area (Å²) < 4.78 is 32.8. The second-order valence-corrected chi connectivity index (χ2v) is 0.944. The third kappa shape index (κ3) is 5.31. The zero-order valence-electron chi connectivity index (χ0n) is 3.75. The molecule has 0 aromatic rings. The molecule has 0 aromatic carbocycles. The van der Waals surface area contributed by atoms with Crippen LogP contribution < -0.4 is 0 Å². The molecule has 1 radical (unpaired) electrons. The Morgan fingerprint density at radius 3 is 2.00 bits per heavy atom. The molecule has 0 saturated carbocycles. The predicted octanol–water partition coefficient (Wildman–Crippen LogP) is 0.983. The third-order valence-electron chi connectivity index (χ3n) is 0.302. The fourth-order valence-electron chi connectivity index (χ4n) is 0.136. The fraction of sp³-hybridized carbons (Fsp3) is 0.500. The van der Waals surface area contributed by atoms with Crippen molar-refractivity contribution < 1.29 is 18.3 Å². The summed E-state index contributed by atoms with van der Waals surface area (Å²) in [4.78, 5) is 0. The van der Waals surface area contributed by atoms with Crippen LogP contribution >= 0.6 is 0 Å². The van der Waals surface area contributed by atoms with E-state index in [1.165, 1.54) is 5.92 Å². The number of hydrogen-bond donors (Lipinski definition) is 0. The summed E-state index contributed by atoms with van der Waals surface area (Å²) in [6.07, 6.45) is -4.51. The molecule has 0 rings (SSSR count). The van der Waals surface area contributed by atoms with Crippen LogP contribution in [0.1, 0.15) is 0 Å². The summed E-state index contributed by atoms with van der Waals surface area (Å²) in [6.45, 7) is -1.00. The van der Waals surface area contributed by atoms with Gasteiger partial charge in [0.05, 0.1) is 0 Å². The van der Waals surface area contributed by atoms with E-state index >= 15 is 0 Å². The molecule has 0 heterocycles. The van der Waals surface area contributed by atoms with Gasteiger partial charge in [0.25, 0.3) is 0 Å². The second-order valence-electron chi connectivity index (χ2n) is 0.944. The molecule has 0 aliphatic rings. The first kappa shape index (κ1) is 7.31. The summed E-state index contributed by atoms with van der Waals surface area (Å²) in [6, 6.07) is 0. The van der Waals surface area contributed by atoms with Crippen LogP contribution in [0.4, 0.5) is 13.2 Å². The molecule has 0 aliphatic carbocycles. The summed E-state index contributed by atoms with van der Waals surface area (Å²) in [5.41, 5.74) is 0. The van der Waals surface area contributed by atoms with Crippen molar-refractivity contribution in [1.82, 2.24) is 0 Å². The lowest BCUT2D eigenvalue weighted by Gasteiger charge is -1.89. The molecule has 0 amide bonds. The number of rotatable bonds is 0. The SMILES string of the molecule is [O]CC#CC(F)(F)F. The van der Waals surface area contributed by atoms with Crippen molar-refractivity contribution in [3.05, 3.63) is 0 Å². The molecule has 8 heavy (non-hydrogen) atoms. The van der Waals surface area contributed by atoms with E-state index in [1.54, 1.807) is 0 Å². The van der Waals surface area contributed by atoms with Crippen LogP contribution in [0.2, 0.25) is 0 Å². The predicted molar refractivity (Wildman–Crippen MR) is 19.4 cm³/mol. The van der Waals surface area contributed by atoms with Crippen molar-refractivity contribution in [3.8, 4) is 11.8 Å². The average molecular weight is 123 g/mol. The second kappa shape index (κ2) is 2.58. The molecule has 0 aliphatic heterocycles. The Bertz CT molecular complexity index is 115. The van der Waals surface area contributed by atoms with Gasteiger partial charge in [-0.05, 0) is 0 Å². The van der Waals surface area contributed by atoms with Gasteiger partial charge in [-0.2, -0.15) is 13.2 Å². The van der Waals surface area contributed by atoms with Crippen molar-refractivity contribution in [2.24, 2.45) is 0 Å². The maximum atomic E-state index is 10.9. The van der Waals surface area contributed by atoms with Gasteiger partial charge in [-0.3, -0.25) is 0 Å². The Labute approximate surface area is 44.1 Å². The minimum absolute atomic E-state index is 0.809. The molecule has 0 bridgehead atoms. The average Bonchev–Trinajstić information content (AvgIpc) is 1.59. The van der Waals surface area contributed by atoms with E-state index in [4.69, 9.17) is 0 Å². The van der Waals surface area contributed by atoms with Crippen LogP contribution in [0, 0.1) is 11.8 Å². The highest BCUT2D eigenvalue weighted by Gasteiger charge is 2.22. The zero-order valence-corrected chi connectivity index (χ0v) is 3.75.